The predicted molar refractivity (Wildman–Crippen MR) is 60.7 cm³/mol. The number of hydrogen-bond donors (Lipinski definition) is 1. The van der Waals surface area contributed by atoms with Crippen molar-refractivity contribution in [2.24, 2.45) is 4.99 Å². The molecular formula is C10H9ClN4O. The lowest BCUT2D eigenvalue weighted by Gasteiger charge is -2.23. The molecule has 1 N–H and O–H groups in total. The number of nitrogens with one attached hydrogen (secondary N) is 1. The molecule has 0 aliphatic carbocycles. The van der Waals surface area contributed by atoms with Crippen molar-refractivity contribution in [1.82, 2.24) is 9.54 Å². The molecular weight excluding hydrogens is 228 g/mol. The molecule has 2 heterocycles. The number of hydrazine groups is 1. The van der Waals surface area contributed by atoms with Gasteiger partial charge in [-0.2, -0.15) is 5.01 Å². The zero-order valence-corrected chi connectivity index (χ0v) is 9.05. The van der Waals surface area contributed by atoms with Crippen LogP contribution in [0.25, 0.3) is 0 Å². The average Bonchev–Trinajstić information content (AvgIpc) is 2.56. The molecule has 1 aromatic rings. The monoisotopic (exact) mass is 236 g/mol. The molecule has 1 unspecified atom stereocenters. The summed E-state index contributed by atoms with van der Waals surface area (Å²) in [6.07, 6.45) is 1.30. The maximum Gasteiger partial charge on any atom is 0.240 e. The molecule has 82 valence electrons. The first-order valence-electron chi connectivity index (χ1n) is 4.89. The lowest BCUT2D eigenvalue weighted by molar-refractivity contribution is -0.119. The molecule has 1 atom stereocenters. The fourth-order valence-corrected chi connectivity index (χ4v) is 2.12. The fourth-order valence-electron chi connectivity index (χ4n) is 1.93. The van der Waals surface area contributed by atoms with Crippen molar-refractivity contribution in [2.45, 2.75) is 6.17 Å². The molecule has 0 bridgehead atoms. The Morgan fingerprint density at radius 1 is 1.44 bits per heavy atom. The van der Waals surface area contributed by atoms with Crippen LogP contribution in [0, 0.1) is 0 Å². The van der Waals surface area contributed by atoms with Crippen LogP contribution in [0.2, 0.25) is 0 Å². The Kier molecular flexibility index (Phi) is 2.08. The molecule has 0 saturated heterocycles. The Hall–Kier alpha value is -1.59. The van der Waals surface area contributed by atoms with Crippen LogP contribution < -0.4 is 5.32 Å². The molecule has 0 radical (unpaired) electrons. The Labute approximate surface area is 97.4 Å². The highest BCUT2D eigenvalue weighted by Crippen LogP contribution is 2.34. The lowest BCUT2D eigenvalue weighted by atomic mass is 10.1. The number of para-hydroxylation sites is 1. The summed E-state index contributed by atoms with van der Waals surface area (Å²) < 4.78 is 1.33. The first kappa shape index (κ1) is 9.62. The zero-order chi connectivity index (χ0) is 11.1. The molecule has 1 amide bonds. The van der Waals surface area contributed by atoms with Gasteiger partial charge in [-0.15, -0.1) is 0 Å². The molecule has 0 fully saturated rings. The zero-order valence-electron chi connectivity index (χ0n) is 8.30. The van der Waals surface area contributed by atoms with Crippen molar-refractivity contribution < 1.29 is 4.79 Å². The second-order valence-electron chi connectivity index (χ2n) is 3.66. The van der Waals surface area contributed by atoms with Gasteiger partial charge in [-0.05, 0) is 6.07 Å². The van der Waals surface area contributed by atoms with Crippen molar-refractivity contribution in [2.75, 3.05) is 11.9 Å². The number of anilines is 1. The van der Waals surface area contributed by atoms with Gasteiger partial charge in [0.25, 0.3) is 0 Å². The van der Waals surface area contributed by atoms with Crippen LogP contribution in [0.15, 0.2) is 29.3 Å². The normalized spacial score (nSPS) is 23.7. The van der Waals surface area contributed by atoms with E-state index in [1.807, 2.05) is 24.3 Å². The number of fused-ring (bicyclic) bond motifs is 3. The third-order valence-corrected chi connectivity index (χ3v) is 2.93. The molecule has 0 spiro atoms. The number of carbonyl (C=O) groups excluding carboxylic acids is 1. The molecule has 5 nitrogen and oxygen atoms in total. The van der Waals surface area contributed by atoms with E-state index in [1.54, 1.807) is 5.01 Å². The highest BCUT2D eigenvalue weighted by atomic mass is 35.5. The van der Waals surface area contributed by atoms with Crippen LogP contribution in [0.1, 0.15) is 11.7 Å². The number of amides is 1. The number of hydrogen-bond acceptors (Lipinski definition) is 4. The molecule has 16 heavy (non-hydrogen) atoms. The van der Waals surface area contributed by atoms with Crippen LogP contribution >= 0.6 is 11.8 Å². The molecule has 6 heteroatoms. The van der Waals surface area contributed by atoms with Gasteiger partial charge >= 0.3 is 0 Å². The van der Waals surface area contributed by atoms with Crippen molar-refractivity contribution in [3.05, 3.63) is 29.8 Å². The Balaban J connectivity index is 2.11. The van der Waals surface area contributed by atoms with Crippen molar-refractivity contribution in [3.8, 4) is 0 Å². The van der Waals surface area contributed by atoms with Gasteiger partial charge in [0, 0.05) is 23.0 Å². The molecule has 2 aliphatic rings. The van der Waals surface area contributed by atoms with E-state index in [2.05, 4.69) is 10.3 Å². The van der Waals surface area contributed by atoms with Gasteiger partial charge in [0.2, 0.25) is 5.91 Å². The van der Waals surface area contributed by atoms with Gasteiger partial charge in [-0.1, -0.05) is 18.2 Å². The molecule has 1 aromatic carbocycles. The van der Waals surface area contributed by atoms with Gasteiger partial charge in [-0.25, -0.2) is 9.52 Å². The highest BCUT2D eigenvalue weighted by Gasteiger charge is 2.34. The fraction of sp³-hybridized carbons (Fsp3) is 0.200. The van der Waals surface area contributed by atoms with Crippen LogP contribution in [-0.4, -0.2) is 28.3 Å². The topological polar surface area (TPSA) is 47.9 Å². The minimum Gasteiger partial charge on any atom is -0.325 e. The summed E-state index contributed by atoms with van der Waals surface area (Å²) in [6, 6.07) is 7.60. The number of carbonyl (C=O) groups is 1. The number of rotatable bonds is 0. The standard InChI is InChI=1S/C10H9ClN4O/c11-15-6-12-10-7-3-1-2-4-8(7)13-9(16)5-14(10)15/h1-4,6,10H,5H2,(H,13,16). The van der Waals surface area contributed by atoms with Crippen molar-refractivity contribution in [3.63, 3.8) is 0 Å². The van der Waals surface area contributed by atoms with Gasteiger partial charge in [0.1, 0.15) is 12.9 Å². The number of nitrogens with zero attached hydrogens (tertiary/aromatic N) is 3. The van der Waals surface area contributed by atoms with E-state index in [0.29, 0.717) is 0 Å². The smallest absolute Gasteiger partial charge is 0.240 e. The van der Waals surface area contributed by atoms with Crippen molar-refractivity contribution in [1.29, 1.82) is 0 Å². The van der Waals surface area contributed by atoms with E-state index < -0.39 is 0 Å². The summed E-state index contributed by atoms with van der Waals surface area (Å²) in [4.78, 5) is 15.9. The van der Waals surface area contributed by atoms with Crippen LogP contribution in [0.5, 0.6) is 0 Å². The first-order chi connectivity index (χ1) is 7.75. The Morgan fingerprint density at radius 2 is 2.25 bits per heavy atom. The second kappa shape index (κ2) is 3.47. The number of halogens is 1. The minimum atomic E-state index is -0.215. The summed E-state index contributed by atoms with van der Waals surface area (Å²) in [7, 11) is 0. The van der Waals surface area contributed by atoms with Crippen LogP contribution in [-0.2, 0) is 4.79 Å². The van der Waals surface area contributed by atoms with Gasteiger partial charge in [-0.3, -0.25) is 4.79 Å². The van der Waals surface area contributed by atoms with Crippen LogP contribution in [0.4, 0.5) is 5.69 Å². The predicted octanol–water partition coefficient (Wildman–Crippen LogP) is 1.35. The van der Waals surface area contributed by atoms with Gasteiger partial charge in [0.05, 0.1) is 0 Å². The Morgan fingerprint density at radius 3 is 3.12 bits per heavy atom. The summed E-state index contributed by atoms with van der Waals surface area (Å²) in [5.41, 5.74) is 1.75. The largest absolute Gasteiger partial charge is 0.325 e. The molecule has 3 rings (SSSR count). The summed E-state index contributed by atoms with van der Waals surface area (Å²) in [5, 5.41) is 4.53. The summed E-state index contributed by atoms with van der Waals surface area (Å²) >= 11 is 5.92. The van der Waals surface area contributed by atoms with E-state index in [0.717, 1.165) is 11.3 Å². The third-order valence-electron chi connectivity index (χ3n) is 2.65. The molecule has 0 aromatic heterocycles. The van der Waals surface area contributed by atoms with Crippen molar-refractivity contribution >= 4 is 29.7 Å². The molecule has 2 aliphatic heterocycles. The lowest BCUT2D eigenvalue weighted by Crippen LogP contribution is -2.36. The van der Waals surface area contributed by atoms with Gasteiger partial charge < -0.3 is 5.32 Å². The summed E-state index contributed by atoms with van der Waals surface area (Å²) in [6.45, 7) is 0.197. The molecule has 0 saturated carbocycles. The van der Waals surface area contributed by atoms with Gasteiger partial charge in [0.15, 0.2) is 6.17 Å². The number of benzene rings is 1. The number of aliphatic imine (C=N–C) groups is 1. The third kappa shape index (κ3) is 1.36. The maximum atomic E-state index is 11.6. The highest BCUT2D eigenvalue weighted by molar-refractivity contribution is 6.18. The van der Waals surface area contributed by atoms with Crippen LogP contribution in [0.3, 0.4) is 0 Å². The minimum absolute atomic E-state index is 0.0916. The summed E-state index contributed by atoms with van der Waals surface area (Å²) in [5.74, 6) is -0.0916. The Bertz CT molecular complexity index is 476. The first-order valence-corrected chi connectivity index (χ1v) is 5.23. The van der Waals surface area contributed by atoms with E-state index >= 15 is 0 Å². The van der Waals surface area contributed by atoms with E-state index in [9.17, 15) is 4.79 Å². The van der Waals surface area contributed by atoms with E-state index in [4.69, 9.17) is 11.8 Å². The quantitative estimate of drug-likeness (QED) is 0.692. The van der Waals surface area contributed by atoms with E-state index in [1.165, 1.54) is 10.9 Å². The van der Waals surface area contributed by atoms with E-state index in [-0.39, 0.29) is 18.6 Å². The SMILES string of the molecule is O=C1CN2C(N=CN2Cl)c2ccccc2N1. The average molecular weight is 237 g/mol. The second-order valence-corrected chi connectivity index (χ2v) is 4.01. The maximum absolute atomic E-state index is 11.6.